The van der Waals surface area contributed by atoms with E-state index in [1.807, 2.05) is 5.38 Å². The zero-order chi connectivity index (χ0) is 17.4. The Bertz CT molecular complexity index is 684. The molecule has 0 saturated carbocycles. The van der Waals surface area contributed by atoms with Crippen molar-refractivity contribution in [3.05, 3.63) is 33.0 Å². The Labute approximate surface area is 148 Å². The minimum Gasteiger partial charge on any atom is -0.464 e. The van der Waals surface area contributed by atoms with E-state index in [0.29, 0.717) is 11.7 Å². The summed E-state index contributed by atoms with van der Waals surface area (Å²) < 4.78 is 0. The number of aryl methyl sites for hydroxylation is 3. The zero-order valence-electron chi connectivity index (χ0n) is 13.3. The number of nitrogens with zero attached hydrogens (tertiary/aromatic N) is 1. The van der Waals surface area contributed by atoms with E-state index in [1.165, 1.54) is 28.7 Å². The normalized spacial score (nSPS) is 10.5. The van der Waals surface area contributed by atoms with E-state index in [-0.39, 0.29) is 5.91 Å². The van der Waals surface area contributed by atoms with E-state index in [2.05, 4.69) is 32.6 Å². The van der Waals surface area contributed by atoms with Crippen LogP contribution >= 0.6 is 22.7 Å². The van der Waals surface area contributed by atoms with Gasteiger partial charge in [-0.1, -0.05) is 0 Å². The minimum atomic E-state index is -1.07. The van der Waals surface area contributed by atoms with Crippen LogP contribution in [0.25, 0.3) is 0 Å². The Balaban J connectivity index is 1.70. The van der Waals surface area contributed by atoms with Crippen molar-refractivity contribution >= 4 is 39.8 Å². The van der Waals surface area contributed by atoms with Gasteiger partial charge in [0.15, 0.2) is 5.13 Å². The molecule has 0 spiro atoms. The fourth-order valence-corrected chi connectivity index (χ4v) is 3.84. The molecule has 24 heavy (non-hydrogen) atoms. The Morgan fingerprint density at radius 2 is 2.04 bits per heavy atom. The number of carbonyl (C=O) groups excluding carboxylic acids is 1. The largest absolute Gasteiger partial charge is 0.464 e. The summed E-state index contributed by atoms with van der Waals surface area (Å²) in [5.41, 5.74) is 7.03. The molecule has 0 radical (unpaired) electrons. The van der Waals surface area contributed by atoms with Crippen LogP contribution in [0, 0.1) is 0 Å². The average Bonchev–Trinajstić information content (AvgIpc) is 3.13. The Kier molecular flexibility index (Phi) is 7.16. The van der Waals surface area contributed by atoms with Crippen LogP contribution in [0.5, 0.6) is 0 Å². The first-order valence-corrected chi connectivity index (χ1v) is 9.29. The van der Waals surface area contributed by atoms with Gasteiger partial charge < -0.3 is 10.4 Å². The van der Waals surface area contributed by atoms with Crippen molar-refractivity contribution in [1.29, 1.82) is 0 Å². The summed E-state index contributed by atoms with van der Waals surface area (Å²) in [5.74, 6) is -0.105. The Morgan fingerprint density at radius 3 is 2.79 bits per heavy atom. The summed E-state index contributed by atoms with van der Waals surface area (Å²) in [5, 5.41) is 15.9. The molecule has 2 aromatic rings. The summed E-state index contributed by atoms with van der Waals surface area (Å²) in [7, 11) is 0. The number of hydrogen-bond donors (Lipinski definition) is 4. The number of hydrogen-bond acceptors (Lipinski definition) is 6. The fourth-order valence-electron chi connectivity index (χ4n) is 2.08. The first kappa shape index (κ1) is 18.4. The van der Waals surface area contributed by atoms with Crippen LogP contribution in [0.1, 0.15) is 29.5 Å². The van der Waals surface area contributed by atoms with Gasteiger partial charge >= 0.3 is 6.09 Å². The van der Waals surface area contributed by atoms with Crippen LogP contribution in [0.4, 0.5) is 9.93 Å². The van der Waals surface area contributed by atoms with E-state index in [4.69, 9.17) is 5.11 Å². The van der Waals surface area contributed by atoms with E-state index in [1.54, 1.807) is 11.3 Å². The first-order chi connectivity index (χ1) is 11.5. The zero-order valence-corrected chi connectivity index (χ0v) is 14.9. The van der Waals surface area contributed by atoms with Crippen molar-refractivity contribution in [3.8, 4) is 0 Å². The maximum absolute atomic E-state index is 11.0. The Morgan fingerprint density at radius 1 is 1.21 bits per heavy atom. The van der Waals surface area contributed by atoms with Gasteiger partial charge in [0.1, 0.15) is 0 Å². The van der Waals surface area contributed by atoms with Gasteiger partial charge in [0.2, 0.25) is 5.91 Å². The first-order valence-electron chi connectivity index (χ1n) is 7.53. The molecule has 7 nitrogen and oxygen atoms in total. The molecular formula is C15H20N4O3S2. The molecule has 0 aliphatic heterocycles. The van der Waals surface area contributed by atoms with Gasteiger partial charge in [0.05, 0.1) is 5.69 Å². The van der Waals surface area contributed by atoms with Crippen molar-refractivity contribution in [2.75, 3.05) is 11.9 Å². The topological polar surface area (TPSA) is 103 Å². The molecule has 0 aliphatic carbocycles. The molecule has 0 saturated heterocycles. The van der Waals surface area contributed by atoms with Crippen LogP contribution in [-0.4, -0.2) is 28.6 Å². The lowest BCUT2D eigenvalue weighted by atomic mass is 10.1. The van der Waals surface area contributed by atoms with Crippen LogP contribution in [-0.2, 0) is 24.1 Å². The molecule has 2 aromatic heterocycles. The number of rotatable bonds is 9. The molecule has 0 bridgehead atoms. The molecule has 0 unspecified atom stereocenters. The second kappa shape index (κ2) is 9.36. The molecule has 130 valence electrons. The van der Waals surface area contributed by atoms with Gasteiger partial charge in [-0.05, 0) is 42.7 Å². The number of thiazole rings is 1. The molecule has 2 heterocycles. The predicted octanol–water partition coefficient (Wildman–Crippen LogP) is 2.65. The second-order valence-corrected chi connectivity index (χ2v) is 7.06. The maximum Gasteiger partial charge on any atom is 0.419 e. The monoisotopic (exact) mass is 368 g/mol. The summed E-state index contributed by atoms with van der Waals surface area (Å²) in [6, 6.07) is 2.19. The van der Waals surface area contributed by atoms with E-state index in [9.17, 15) is 9.59 Å². The summed E-state index contributed by atoms with van der Waals surface area (Å²) >= 11 is 3.16. The molecular weight excluding hydrogens is 348 g/mol. The molecule has 9 heteroatoms. The highest BCUT2D eigenvalue weighted by molar-refractivity contribution is 7.13. The van der Waals surface area contributed by atoms with Crippen molar-refractivity contribution in [2.24, 2.45) is 0 Å². The standard InChI is InChI=1S/C15H20N4O3S2/c1-10(20)17-14-18-12(9-24-14)5-4-11-7-13(23-8-11)3-2-6-16-19-15(21)22/h7-9,16,19H,2-6H2,1H3,(H,21,22)(H,17,18,20). The SMILES string of the molecule is CC(=O)Nc1nc(CCc2csc(CCCNNC(=O)O)c2)cs1. The summed E-state index contributed by atoms with van der Waals surface area (Å²) in [4.78, 5) is 26.9. The highest BCUT2D eigenvalue weighted by atomic mass is 32.1. The minimum absolute atomic E-state index is 0.105. The van der Waals surface area contributed by atoms with Crippen molar-refractivity contribution in [3.63, 3.8) is 0 Å². The number of thiophene rings is 1. The number of carboxylic acid groups (broad SMARTS) is 1. The quantitative estimate of drug-likeness (QED) is 0.402. The predicted molar refractivity (Wildman–Crippen MR) is 95.6 cm³/mol. The van der Waals surface area contributed by atoms with Crippen LogP contribution in [0.2, 0.25) is 0 Å². The molecule has 2 amide bonds. The molecule has 0 fully saturated rings. The number of carbonyl (C=O) groups is 2. The van der Waals surface area contributed by atoms with Crippen LogP contribution in [0.15, 0.2) is 16.8 Å². The van der Waals surface area contributed by atoms with Gasteiger partial charge in [-0.15, -0.1) is 22.7 Å². The van der Waals surface area contributed by atoms with Crippen LogP contribution in [0.3, 0.4) is 0 Å². The number of amides is 2. The molecule has 2 rings (SSSR count). The van der Waals surface area contributed by atoms with E-state index >= 15 is 0 Å². The van der Waals surface area contributed by atoms with Crippen LogP contribution < -0.4 is 16.2 Å². The molecule has 0 aromatic carbocycles. The summed E-state index contributed by atoms with van der Waals surface area (Å²) in [6.07, 6.45) is 2.47. The van der Waals surface area contributed by atoms with E-state index in [0.717, 1.165) is 31.4 Å². The van der Waals surface area contributed by atoms with Crippen molar-refractivity contribution < 1.29 is 14.7 Å². The van der Waals surface area contributed by atoms with Gasteiger partial charge in [-0.25, -0.2) is 15.2 Å². The number of hydrazine groups is 1. The van der Waals surface area contributed by atoms with Gasteiger partial charge in [0.25, 0.3) is 0 Å². The fraction of sp³-hybridized carbons (Fsp3) is 0.400. The lowest BCUT2D eigenvalue weighted by Gasteiger charge is -2.02. The van der Waals surface area contributed by atoms with Gasteiger partial charge in [0, 0.05) is 23.7 Å². The van der Waals surface area contributed by atoms with Crippen molar-refractivity contribution in [2.45, 2.75) is 32.6 Å². The third-order valence-corrected chi connectivity index (χ3v) is 4.98. The molecule has 0 aliphatic rings. The van der Waals surface area contributed by atoms with E-state index < -0.39 is 6.09 Å². The molecule has 4 N–H and O–H groups in total. The van der Waals surface area contributed by atoms with Gasteiger partial charge in [-0.3, -0.25) is 10.2 Å². The number of aromatic nitrogens is 1. The number of nitrogens with one attached hydrogen (secondary N) is 3. The maximum atomic E-state index is 11.0. The lowest BCUT2D eigenvalue weighted by Crippen LogP contribution is -2.36. The third kappa shape index (κ3) is 6.65. The van der Waals surface area contributed by atoms with Crippen molar-refractivity contribution in [1.82, 2.24) is 15.8 Å². The Hall–Kier alpha value is -1.97. The molecule has 0 atom stereocenters. The number of anilines is 1. The smallest absolute Gasteiger partial charge is 0.419 e. The van der Waals surface area contributed by atoms with Gasteiger partial charge in [-0.2, -0.15) is 0 Å². The summed E-state index contributed by atoms with van der Waals surface area (Å²) in [6.45, 7) is 2.07. The lowest BCUT2D eigenvalue weighted by molar-refractivity contribution is -0.114. The highest BCUT2D eigenvalue weighted by Gasteiger charge is 2.05. The highest BCUT2D eigenvalue weighted by Crippen LogP contribution is 2.20. The third-order valence-electron chi connectivity index (χ3n) is 3.13. The second-order valence-electron chi connectivity index (χ2n) is 5.21. The average molecular weight is 368 g/mol.